The molecule has 1 aromatic carbocycles. The predicted molar refractivity (Wildman–Crippen MR) is 138 cm³/mol. The summed E-state index contributed by atoms with van der Waals surface area (Å²) in [6, 6.07) is 8.78. The summed E-state index contributed by atoms with van der Waals surface area (Å²) in [7, 11) is -5.50. The van der Waals surface area contributed by atoms with Gasteiger partial charge in [-0.25, -0.2) is 14.5 Å². The van der Waals surface area contributed by atoms with Crippen molar-refractivity contribution in [3.05, 3.63) is 54.1 Å². The molecular weight excluding hydrogens is 513 g/mol. The molecular formula is C24H32N5O6PSi. The van der Waals surface area contributed by atoms with Gasteiger partial charge in [-0.3, -0.25) is 4.79 Å². The lowest BCUT2D eigenvalue weighted by Gasteiger charge is -2.39. The molecule has 11 nitrogen and oxygen atoms in total. The molecule has 1 aliphatic heterocycles. The van der Waals surface area contributed by atoms with Crippen LogP contribution in [0.1, 0.15) is 56.3 Å². The lowest BCUT2D eigenvalue weighted by atomic mass is 10.0. The molecule has 1 amide bonds. The molecule has 37 heavy (non-hydrogen) atoms. The van der Waals surface area contributed by atoms with Crippen LogP contribution in [0.4, 0.5) is 5.82 Å². The average Bonchev–Trinajstić information content (AvgIpc) is 3.40. The number of carbonyl (C=O) groups excluding carboxylic acids is 1. The van der Waals surface area contributed by atoms with Crippen molar-refractivity contribution in [3.8, 4) is 0 Å². The SMILES string of the molecule is CC[C@H]1O[C@@H](c2cnc3c(NC(=O)c4ccccc4)ncnn23)[C@@H](O[Si](C)(C)C(C)(C)C)C1O[P+](=O)[O-]. The van der Waals surface area contributed by atoms with E-state index < -0.39 is 41.0 Å². The van der Waals surface area contributed by atoms with Crippen LogP contribution in [0.3, 0.4) is 0 Å². The standard InChI is InChI=1S/C24H32N5O6PSi/c1-7-17-19(34-36(31)32)20(35-37(5,6)24(2,3)4)18(33-17)16-13-25-22-21(26-14-27-29(16)22)28-23(30)15-11-9-8-10-12-15/h8-14,17-20H,7H2,1-6H3,(H,26,27,28,30)/t17-,18+,19?,20-/m1/s1. The molecule has 2 aromatic heterocycles. The number of hydrogen-bond acceptors (Lipinski definition) is 9. The Labute approximate surface area is 217 Å². The molecule has 3 heterocycles. The maximum atomic E-state index is 12.7. The number of nitrogens with one attached hydrogen (secondary N) is 1. The molecule has 1 fully saturated rings. The summed E-state index contributed by atoms with van der Waals surface area (Å²) in [5.41, 5.74) is 1.34. The number of amides is 1. The minimum atomic E-state index is -3.13. The number of aromatic nitrogens is 4. The number of anilines is 1. The number of hydrogen-bond donors (Lipinski definition) is 1. The first-order valence-electron chi connectivity index (χ1n) is 12.1. The smallest absolute Gasteiger partial charge is 0.488 e. The molecule has 3 aromatic rings. The van der Waals surface area contributed by atoms with Crippen LogP contribution in [0, 0.1) is 0 Å². The van der Waals surface area contributed by atoms with E-state index in [2.05, 4.69) is 54.2 Å². The van der Waals surface area contributed by atoms with Gasteiger partial charge in [0, 0.05) is 5.56 Å². The van der Waals surface area contributed by atoms with Crippen LogP contribution < -0.4 is 10.2 Å². The van der Waals surface area contributed by atoms with E-state index in [0.717, 1.165) is 0 Å². The minimum Gasteiger partial charge on any atom is -0.566 e. The van der Waals surface area contributed by atoms with Crippen LogP contribution >= 0.6 is 8.25 Å². The lowest BCUT2D eigenvalue weighted by molar-refractivity contribution is -0.192. The van der Waals surface area contributed by atoms with Gasteiger partial charge in [0.25, 0.3) is 5.91 Å². The fraction of sp³-hybridized carbons (Fsp3) is 0.500. The molecule has 1 N–H and O–H groups in total. The fourth-order valence-electron chi connectivity index (χ4n) is 4.05. The number of benzene rings is 1. The van der Waals surface area contributed by atoms with E-state index in [1.54, 1.807) is 30.5 Å². The molecule has 13 heteroatoms. The summed E-state index contributed by atoms with van der Waals surface area (Å²) in [5, 5.41) is 7.00. The molecule has 0 spiro atoms. The Morgan fingerprint density at radius 1 is 1.22 bits per heavy atom. The van der Waals surface area contributed by atoms with E-state index in [4.69, 9.17) is 13.7 Å². The number of carbonyl (C=O) groups is 1. The molecule has 1 aliphatic rings. The van der Waals surface area contributed by atoms with E-state index >= 15 is 0 Å². The zero-order chi connectivity index (χ0) is 27.0. The third kappa shape index (κ3) is 5.64. The molecule has 198 valence electrons. The van der Waals surface area contributed by atoms with Gasteiger partial charge in [0.05, 0.1) is 18.0 Å². The highest BCUT2D eigenvalue weighted by atomic mass is 31.1. The molecule has 2 unspecified atom stereocenters. The van der Waals surface area contributed by atoms with Crippen molar-refractivity contribution in [2.45, 2.75) is 76.7 Å². The Hall–Kier alpha value is -2.60. The van der Waals surface area contributed by atoms with Gasteiger partial charge < -0.3 is 19.4 Å². The maximum absolute atomic E-state index is 12.7. The Balaban J connectivity index is 1.72. The van der Waals surface area contributed by atoms with Crippen LogP contribution in [0.5, 0.6) is 0 Å². The molecule has 5 atom stereocenters. The fourth-order valence-corrected chi connectivity index (χ4v) is 5.80. The van der Waals surface area contributed by atoms with Crippen molar-refractivity contribution >= 4 is 33.9 Å². The number of imidazole rings is 1. The topological polar surface area (TPSA) is 140 Å². The van der Waals surface area contributed by atoms with Gasteiger partial charge in [-0.05, 0) is 41.3 Å². The number of ether oxygens (including phenoxy) is 1. The molecule has 0 radical (unpaired) electrons. The third-order valence-electron chi connectivity index (χ3n) is 7.05. The van der Waals surface area contributed by atoms with Gasteiger partial charge in [-0.2, -0.15) is 5.10 Å². The quantitative estimate of drug-likeness (QED) is 0.328. The molecule has 0 bridgehead atoms. The maximum Gasteiger partial charge on any atom is 0.488 e. The zero-order valence-corrected chi connectivity index (χ0v) is 23.6. The monoisotopic (exact) mass is 545 g/mol. The van der Waals surface area contributed by atoms with Crippen LogP contribution in [0.25, 0.3) is 5.65 Å². The van der Waals surface area contributed by atoms with E-state index in [1.165, 1.54) is 10.8 Å². The van der Waals surface area contributed by atoms with Gasteiger partial charge >= 0.3 is 8.25 Å². The summed E-state index contributed by atoms with van der Waals surface area (Å²) in [4.78, 5) is 33.0. The van der Waals surface area contributed by atoms with Crippen LogP contribution in [0.2, 0.25) is 18.1 Å². The Morgan fingerprint density at radius 2 is 1.92 bits per heavy atom. The second-order valence-corrected chi connectivity index (χ2v) is 15.9. The summed E-state index contributed by atoms with van der Waals surface area (Å²) < 4.78 is 31.6. The van der Waals surface area contributed by atoms with Crippen molar-refractivity contribution in [1.29, 1.82) is 0 Å². The summed E-state index contributed by atoms with van der Waals surface area (Å²) in [5.74, 6) is -0.0989. The normalized spacial score (nSPS) is 22.8. The van der Waals surface area contributed by atoms with Crippen LogP contribution in [-0.2, 0) is 18.3 Å². The number of rotatable bonds is 8. The first-order chi connectivity index (χ1) is 17.4. The van der Waals surface area contributed by atoms with Crippen molar-refractivity contribution < 1.29 is 27.9 Å². The van der Waals surface area contributed by atoms with E-state index in [-0.39, 0.29) is 16.8 Å². The summed E-state index contributed by atoms with van der Waals surface area (Å²) >= 11 is 0. The van der Waals surface area contributed by atoms with Crippen molar-refractivity contribution in [2.75, 3.05) is 5.32 Å². The van der Waals surface area contributed by atoms with Gasteiger partial charge in [-0.15, -0.1) is 4.52 Å². The second kappa shape index (κ2) is 10.6. The molecule has 4 rings (SSSR count). The highest BCUT2D eigenvalue weighted by Gasteiger charge is 2.53. The largest absolute Gasteiger partial charge is 0.566 e. The average molecular weight is 546 g/mol. The second-order valence-electron chi connectivity index (χ2n) is 10.5. The zero-order valence-electron chi connectivity index (χ0n) is 21.7. The molecule has 0 aliphatic carbocycles. The Kier molecular flexibility index (Phi) is 7.89. The summed E-state index contributed by atoms with van der Waals surface area (Å²) in [6.45, 7) is 12.4. The van der Waals surface area contributed by atoms with Crippen LogP contribution in [-0.4, -0.2) is 52.1 Å². The Morgan fingerprint density at radius 3 is 2.54 bits per heavy atom. The van der Waals surface area contributed by atoms with Crippen molar-refractivity contribution in [1.82, 2.24) is 19.6 Å². The van der Waals surface area contributed by atoms with Gasteiger partial charge in [0.15, 0.2) is 25.9 Å². The molecule has 1 saturated heterocycles. The first kappa shape index (κ1) is 27.4. The van der Waals surface area contributed by atoms with Crippen molar-refractivity contribution in [3.63, 3.8) is 0 Å². The highest BCUT2D eigenvalue weighted by Crippen LogP contribution is 2.45. The lowest BCUT2D eigenvalue weighted by Crippen LogP contribution is -2.48. The van der Waals surface area contributed by atoms with Crippen LogP contribution in [0.15, 0.2) is 42.9 Å². The van der Waals surface area contributed by atoms with E-state index in [9.17, 15) is 14.3 Å². The summed E-state index contributed by atoms with van der Waals surface area (Å²) in [6.07, 6.45) is 0.661. The minimum absolute atomic E-state index is 0.136. The third-order valence-corrected chi connectivity index (χ3v) is 11.9. The van der Waals surface area contributed by atoms with E-state index in [1.807, 2.05) is 13.0 Å². The molecule has 0 saturated carbocycles. The van der Waals surface area contributed by atoms with Gasteiger partial charge in [-0.1, -0.05) is 45.9 Å². The highest BCUT2D eigenvalue weighted by molar-refractivity contribution is 7.30. The van der Waals surface area contributed by atoms with Gasteiger partial charge in [0.2, 0.25) is 0 Å². The van der Waals surface area contributed by atoms with Crippen molar-refractivity contribution in [2.24, 2.45) is 0 Å². The Bertz CT molecular complexity index is 1280. The number of fused-ring (bicyclic) bond motifs is 1. The first-order valence-corrected chi connectivity index (χ1v) is 16.1. The predicted octanol–water partition coefficient (Wildman–Crippen LogP) is 4.02. The van der Waals surface area contributed by atoms with E-state index in [0.29, 0.717) is 23.3 Å². The van der Waals surface area contributed by atoms with Gasteiger partial charge in [0.1, 0.15) is 18.5 Å². The number of nitrogens with zero attached hydrogens (tertiary/aromatic N) is 4.